The molecule has 18 rings (SSSR count). The number of benzene rings is 7. The molecule has 0 spiro atoms. The Bertz CT molecular complexity index is 3990. The van der Waals surface area contributed by atoms with Crippen molar-refractivity contribution < 1.29 is 20.1 Å². The molecule has 8 aliphatic rings. The minimum atomic E-state index is -0.449. The number of aromatic nitrogens is 3. The zero-order valence-electron chi connectivity index (χ0n) is 44.2. The van der Waals surface area contributed by atoms with Crippen LogP contribution in [-0.2, 0) is 30.9 Å². The van der Waals surface area contributed by atoms with Crippen LogP contribution < -0.4 is 0 Å². The minimum absolute atomic E-state index is 0. The molecule has 10 aromatic rings. The van der Waals surface area contributed by atoms with E-state index in [2.05, 4.69) is 280 Å². The summed E-state index contributed by atoms with van der Waals surface area (Å²) in [7, 11) is 0. The smallest absolute Gasteiger partial charge is 0.480 e. The van der Waals surface area contributed by atoms with Gasteiger partial charge in [-0.05, 0) is 144 Å². The van der Waals surface area contributed by atoms with Crippen molar-refractivity contribution in [1.82, 2.24) is 15.0 Å². The Morgan fingerprint density at radius 1 is 0.309 bits per heavy atom. The van der Waals surface area contributed by atoms with Crippen molar-refractivity contribution in [3.8, 4) is 100 Å². The second-order valence-corrected chi connectivity index (χ2v) is 22.4. The van der Waals surface area contributed by atoms with Crippen LogP contribution in [0.4, 0.5) is 0 Å². The van der Waals surface area contributed by atoms with E-state index in [4.69, 9.17) is 15.0 Å². The van der Waals surface area contributed by atoms with Crippen LogP contribution in [0.5, 0.6) is 0 Å². The van der Waals surface area contributed by atoms with E-state index in [-0.39, 0.29) is 20.1 Å². The average Bonchev–Trinajstić information content (AvgIpc) is 4.59. The third kappa shape index (κ3) is 8.56. The van der Waals surface area contributed by atoms with Gasteiger partial charge >= 0.3 is 20.1 Å². The molecular formula is C77H52IrN3. The van der Waals surface area contributed by atoms with Crippen LogP contribution in [0.2, 0.25) is 0 Å². The van der Waals surface area contributed by atoms with Gasteiger partial charge in [0.1, 0.15) is 0 Å². The summed E-state index contributed by atoms with van der Waals surface area (Å²) in [6.07, 6.45) is 37.0. The molecule has 8 bridgehead atoms. The van der Waals surface area contributed by atoms with E-state index in [0.717, 1.165) is 101 Å². The molecule has 2 saturated carbocycles. The number of hydrogen-bond acceptors (Lipinski definition) is 3. The Hall–Kier alpha value is -8.92. The molecule has 81 heavy (non-hydrogen) atoms. The molecular weight excluding hydrogens is 1160 g/mol. The number of rotatable bonds is 11. The molecule has 4 heteroatoms. The third-order valence-corrected chi connectivity index (χ3v) is 17.9. The standard InChI is InChI=1S/C77H52N3.Ir/c1-3-13-50(14-4-1)51-23-25-52(26-24-51)71-46-73(53-15-5-2-6-16-53)78-49-72(71)64-22-12-11-21-63(64)58-44-56(61-19-9-7-17-59(61)54-27-29-74(79-47-54)76-37-31-65-66(32-38-76)67(65)33-39-76)43-57(45-58)62-20-10-8-18-60(62)55-28-30-75(80-48-55)77-40-34-68-69(35-41-77)70(68)36-42-77;/h1-15,17-38,40-41,43-49,65-70H;/q-3;+3. The van der Waals surface area contributed by atoms with Gasteiger partial charge < -0.3 is 17.1 Å². The van der Waals surface area contributed by atoms with E-state index in [9.17, 15) is 0 Å². The van der Waals surface area contributed by atoms with Gasteiger partial charge in [0, 0.05) is 46.7 Å². The van der Waals surface area contributed by atoms with Crippen LogP contribution in [0.1, 0.15) is 11.4 Å². The van der Waals surface area contributed by atoms with Crippen molar-refractivity contribution in [3.05, 3.63) is 309 Å². The number of pyridine rings is 3. The van der Waals surface area contributed by atoms with Gasteiger partial charge in [0.2, 0.25) is 0 Å². The Morgan fingerprint density at radius 2 is 0.728 bits per heavy atom. The normalized spacial score (nSPS) is 23.5. The summed E-state index contributed by atoms with van der Waals surface area (Å²) < 4.78 is 0. The maximum Gasteiger partial charge on any atom is 3.00 e. The van der Waals surface area contributed by atoms with E-state index >= 15 is 0 Å². The van der Waals surface area contributed by atoms with Gasteiger partial charge in [-0.25, -0.2) is 0 Å². The zero-order valence-corrected chi connectivity index (χ0v) is 46.6. The van der Waals surface area contributed by atoms with Gasteiger partial charge in [0.25, 0.3) is 0 Å². The number of allylic oxidation sites excluding steroid dienone is 12. The molecule has 3 aromatic heterocycles. The van der Waals surface area contributed by atoms with Crippen LogP contribution in [0, 0.1) is 53.7 Å². The Kier molecular flexibility index (Phi) is 12.0. The van der Waals surface area contributed by atoms with Gasteiger partial charge in [-0.3, -0.25) is 22.1 Å². The van der Waals surface area contributed by atoms with E-state index in [1.807, 2.05) is 18.2 Å². The Morgan fingerprint density at radius 3 is 1.20 bits per heavy atom. The van der Waals surface area contributed by atoms with E-state index in [1.54, 1.807) is 0 Å². The predicted molar refractivity (Wildman–Crippen MR) is 324 cm³/mol. The van der Waals surface area contributed by atoms with Gasteiger partial charge in [-0.1, -0.05) is 181 Å². The van der Waals surface area contributed by atoms with Gasteiger partial charge in [0.05, 0.1) is 0 Å². The molecule has 0 aliphatic heterocycles. The van der Waals surface area contributed by atoms with Crippen molar-refractivity contribution in [2.45, 2.75) is 10.8 Å². The fourth-order valence-electron chi connectivity index (χ4n) is 13.3. The molecule has 3 heterocycles. The van der Waals surface area contributed by atoms with E-state index in [0.29, 0.717) is 35.5 Å². The second kappa shape index (κ2) is 19.7. The van der Waals surface area contributed by atoms with E-state index in [1.165, 1.54) is 11.1 Å². The largest absolute Gasteiger partial charge is 3.00 e. The first-order valence-electron chi connectivity index (χ1n) is 28.0. The molecule has 4 atom stereocenters. The summed E-state index contributed by atoms with van der Waals surface area (Å²) in [5, 5.41) is 0. The maximum absolute atomic E-state index is 5.22. The molecule has 384 valence electrons. The van der Waals surface area contributed by atoms with Crippen LogP contribution in [0.25, 0.3) is 100 Å². The minimum Gasteiger partial charge on any atom is -0.480 e. The first-order valence-corrected chi connectivity index (χ1v) is 28.0. The quantitative estimate of drug-likeness (QED) is 0.0957. The van der Waals surface area contributed by atoms with Crippen LogP contribution >= 0.6 is 0 Å². The first kappa shape index (κ1) is 49.1. The van der Waals surface area contributed by atoms with Gasteiger partial charge in [0.15, 0.2) is 0 Å². The summed E-state index contributed by atoms with van der Waals surface area (Å²) >= 11 is 0. The number of nitrogens with zero attached hydrogens (tertiary/aromatic N) is 3. The molecule has 7 aromatic carbocycles. The third-order valence-electron chi connectivity index (χ3n) is 17.9. The molecule has 2 fully saturated rings. The van der Waals surface area contributed by atoms with Crippen molar-refractivity contribution in [1.29, 1.82) is 0 Å². The SMILES string of the molecule is [C-]1=CC2C3C=CC1(c1ccc(-c4ccccc4-c4cc(-c5ccccc5-c5ccc(C67[C-]=CC8C(C=C6)C8C=C7)nc5)cc(-c5ccccc5-c5cnc(-c6[c-]cccc6)cc5-c5ccc(-c6ccccc6)cc5)c4)cn1)C=CC23.[Ir+3]. The van der Waals surface area contributed by atoms with Crippen molar-refractivity contribution in [3.63, 3.8) is 0 Å². The Labute approximate surface area is 487 Å². The van der Waals surface area contributed by atoms with Crippen LogP contribution in [0.3, 0.4) is 0 Å². The predicted octanol–water partition coefficient (Wildman–Crippen LogP) is 17.9. The summed E-state index contributed by atoms with van der Waals surface area (Å²) in [4.78, 5) is 15.6. The Balaban J connectivity index is 0.00000564. The van der Waals surface area contributed by atoms with Gasteiger partial charge in [-0.2, -0.15) is 0 Å². The molecule has 8 aliphatic carbocycles. The molecule has 0 radical (unpaired) electrons. The molecule has 3 nitrogen and oxygen atoms in total. The zero-order chi connectivity index (χ0) is 52.8. The molecule has 0 saturated heterocycles. The molecule has 4 unspecified atom stereocenters. The average molecular weight is 1210 g/mol. The first-order chi connectivity index (χ1) is 39.5. The van der Waals surface area contributed by atoms with Crippen LogP contribution in [0.15, 0.2) is 280 Å². The summed E-state index contributed by atoms with van der Waals surface area (Å²) in [6, 6.07) is 75.6. The topological polar surface area (TPSA) is 38.7 Å². The van der Waals surface area contributed by atoms with Gasteiger partial charge in [-0.15, -0.1) is 60.2 Å². The summed E-state index contributed by atoms with van der Waals surface area (Å²) in [5.41, 5.74) is 20.6. The second-order valence-electron chi connectivity index (χ2n) is 22.4. The summed E-state index contributed by atoms with van der Waals surface area (Å²) in [6.45, 7) is 0. The van der Waals surface area contributed by atoms with Crippen molar-refractivity contribution in [2.24, 2.45) is 35.5 Å². The fraction of sp³-hybridized carbons (Fsp3) is 0.104. The molecule has 0 amide bonds. The fourth-order valence-corrected chi connectivity index (χ4v) is 13.3. The molecule has 0 N–H and O–H groups in total. The van der Waals surface area contributed by atoms with Crippen molar-refractivity contribution in [2.75, 3.05) is 0 Å². The number of hydrogen-bond donors (Lipinski definition) is 0. The monoisotopic (exact) mass is 1210 g/mol. The van der Waals surface area contributed by atoms with Crippen molar-refractivity contribution >= 4 is 0 Å². The maximum atomic E-state index is 5.22. The van der Waals surface area contributed by atoms with Crippen LogP contribution in [-0.4, -0.2) is 15.0 Å². The summed E-state index contributed by atoms with van der Waals surface area (Å²) in [5.74, 6) is 3.47. The van der Waals surface area contributed by atoms with E-state index < -0.39 is 10.8 Å².